The Labute approximate surface area is 144 Å². The number of nitrogens with one attached hydrogen (secondary N) is 2. The third-order valence-corrected chi connectivity index (χ3v) is 3.46. The first kappa shape index (κ1) is 17.5. The highest BCUT2D eigenvalue weighted by Gasteiger charge is 2.15. The monoisotopic (exact) mass is 347 g/mol. The number of nitro groups is 1. The summed E-state index contributed by atoms with van der Waals surface area (Å²) in [6.07, 6.45) is 0. The van der Waals surface area contributed by atoms with Crippen LogP contribution < -0.4 is 20.1 Å². The molecule has 0 aliphatic heterocycles. The Balaban J connectivity index is 2.19. The van der Waals surface area contributed by atoms with E-state index in [4.69, 9.17) is 21.7 Å². The van der Waals surface area contributed by atoms with Gasteiger partial charge < -0.3 is 20.1 Å². The summed E-state index contributed by atoms with van der Waals surface area (Å²) >= 11 is 5.23. The summed E-state index contributed by atoms with van der Waals surface area (Å²) in [6.45, 7) is 1.79. The van der Waals surface area contributed by atoms with E-state index in [2.05, 4.69) is 10.6 Å². The van der Waals surface area contributed by atoms with E-state index < -0.39 is 4.92 Å². The number of hydrogen-bond donors (Lipinski definition) is 2. The fourth-order valence-electron chi connectivity index (χ4n) is 2.08. The van der Waals surface area contributed by atoms with Crippen LogP contribution in [0.15, 0.2) is 36.4 Å². The Hall–Kier alpha value is -2.87. The summed E-state index contributed by atoms with van der Waals surface area (Å²) in [6, 6.07) is 10.1. The Morgan fingerprint density at radius 3 is 2.38 bits per heavy atom. The summed E-state index contributed by atoms with van der Waals surface area (Å²) in [4.78, 5) is 10.7. The van der Waals surface area contributed by atoms with E-state index in [1.807, 2.05) is 0 Å². The number of thiocarbonyl (C=S) groups is 1. The number of benzene rings is 2. The van der Waals surface area contributed by atoms with Crippen molar-refractivity contribution >= 4 is 34.4 Å². The molecule has 0 aliphatic rings. The predicted octanol–water partition coefficient (Wildman–Crippen LogP) is 3.73. The molecule has 8 heteroatoms. The second kappa shape index (κ2) is 7.60. The van der Waals surface area contributed by atoms with Gasteiger partial charge in [-0.3, -0.25) is 10.1 Å². The largest absolute Gasteiger partial charge is 0.497 e. The van der Waals surface area contributed by atoms with E-state index >= 15 is 0 Å². The molecule has 0 aliphatic carbocycles. The van der Waals surface area contributed by atoms with Crippen LogP contribution >= 0.6 is 12.2 Å². The third-order valence-electron chi connectivity index (χ3n) is 3.26. The standard InChI is InChI=1S/C16H17N3O4S/c1-10-4-6-12(14(8-10)19(20)21)17-16(24)18-13-7-5-11(22-2)9-15(13)23-3/h4-9H,1-3H3,(H2,17,18,24). The lowest BCUT2D eigenvalue weighted by molar-refractivity contribution is -0.383. The van der Waals surface area contributed by atoms with E-state index in [9.17, 15) is 10.1 Å². The molecular formula is C16H17N3O4S. The molecule has 0 radical (unpaired) electrons. The number of nitro benzene ring substituents is 1. The van der Waals surface area contributed by atoms with E-state index in [0.717, 1.165) is 5.56 Å². The van der Waals surface area contributed by atoms with Gasteiger partial charge in [0.25, 0.3) is 5.69 Å². The van der Waals surface area contributed by atoms with Gasteiger partial charge in [0, 0.05) is 12.1 Å². The van der Waals surface area contributed by atoms with E-state index in [-0.39, 0.29) is 10.8 Å². The average Bonchev–Trinajstić information content (AvgIpc) is 2.56. The first-order chi connectivity index (χ1) is 11.4. The summed E-state index contributed by atoms with van der Waals surface area (Å²) in [5.41, 5.74) is 1.69. The maximum absolute atomic E-state index is 11.2. The minimum Gasteiger partial charge on any atom is -0.497 e. The number of hydrogen-bond acceptors (Lipinski definition) is 5. The second-order valence-electron chi connectivity index (χ2n) is 4.92. The van der Waals surface area contributed by atoms with Crippen molar-refractivity contribution < 1.29 is 14.4 Å². The normalized spacial score (nSPS) is 9.96. The van der Waals surface area contributed by atoms with Crippen LogP contribution in [0.3, 0.4) is 0 Å². The molecule has 0 saturated heterocycles. The lowest BCUT2D eigenvalue weighted by Crippen LogP contribution is -2.20. The van der Waals surface area contributed by atoms with Crippen LogP contribution in [0, 0.1) is 17.0 Å². The minimum atomic E-state index is -0.452. The molecule has 2 rings (SSSR count). The molecule has 0 spiro atoms. The molecule has 126 valence electrons. The number of rotatable bonds is 5. The molecule has 7 nitrogen and oxygen atoms in total. The van der Waals surface area contributed by atoms with Gasteiger partial charge in [-0.05, 0) is 42.9 Å². The van der Waals surface area contributed by atoms with Gasteiger partial charge in [0.05, 0.1) is 24.8 Å². The van der Waals surface area contributed by atoms with Crippen molar-refractivity contribution in [3.8, 4) is 11.5 Å². The number of nitrogens with zero attached hydrogens (tertiary/aromatic N) is 1. The third kappa shape index (κ3) is 4.11. The van der Waals surface area contributed by atoms with Gasteiger partial charge in [-0.25, -0.2) is 0 Å². The maximum Gasteiger partial charge on any atom is 0.292 e. The molecule has 2 aromatic carbocycles. The Morgan fingerprint density at radius 1 is 1.08 bits per heavy atom. The highest BCUT2D eigenvalue weighted by Crippen LogP contribution is 2.30. The Morgan fingerprint density at radius 2 is 1.75 bits per heavy atom. The van der Waals surface area contributed by atoms with Crippen molar-refractivity contribution in [1.82, 2.24) is 0 Å². The van der Waals surface area contributed by atoms with Gasteiger partial charge >= 0.3 is 0 Å². The van der Waals surface area contributed by atoms with Crippen LogP contribution in [-0.2, 0) is 0 Å². The average molecular weight is 347 g/mol. The molecule has 0 amide bonds. The SMILES string of the molecule is COc1ccc(NC(=S)Nc2ccc(C)cc2[N+](=O)[O-])c(OC)c1. The van der Waals surface area contributed by atoms with Crippen molar-refractivity contribution in [2.75, 3.05) is 24.9 Å². The van der Waals surface area contributed by atoms with Crippen LogP contribution in [-0.4, -0.2) is 24.3 Å². The van der Waals surface area contributed by atoms with Gasteiger partial charge in [0.2, 0.25) is 0 Å². The molecule has 0 unspecified atom stereocenters. The lowest BCUT2D eigenvalue weighted by atomic mass is 10.2. The molecule has 24 heavy (non-hydrogen) atoms. The van der Waals surface area contributed by atoms with Crippen LogP contribution in [0.25, 0.3) is 0 Å². The van der Waals surface area contributed by atoms with Gasteiger partial charge in [-0.1, -0.05) is 6.07 Å². The number of methoxy groups -OCH3 is 2. The summed E-state index contributed by atoms with van der Waals surface area (Å²) in [7, 11) is 3.09. The molecule has 0 atom stereocenters. The molecule has 0 saturated carbocycles. The van der Waals surface area contributed by atoms with E-state index in [1.165, 1.54) is 13.2 Å². The quantitative estimate of drug-likeness (QED) is 0.484. The zero-order valence-electron chi connectivity index (χ0n) is 13.5. The summed E-state index contributed by atoms with van der Waals surface area (Å²) in [5, 5.41) is 17.2. The number of anilines is 2. The second-order valence-corrected chi connectivity index (χ2v) is 5.33. The van der Waals surface area contributed by atoms with Gasteiger partial charge in [-0.15, -0.1) is 0 Å². The zero-order valence-corrected chi connectivity index (χ0v) is 14.3. The molecule has 0 bridgehead atoms. The fourth-order valence-corrected chi connectivity index (χ4v) is 2.30. The lowest BCUT2D eigenvalue weighted by Gasteiger charge is -2.14. The fraction of sp³-hybridized carbons (Fsp3) is 0.188. The highest BCUT2D eigenvalue weighted by molar-refractivity contribution is 7.80. The van der Waals surface area contributed by atoms with E-state index in [1.54, 1.807) is 44.4 Å². The molecule has 2 N–H and O–H groups in total. The van der Waals surface area contributed by atoms with Crippen LogP contribution in [0.1, 0.15) is 5.56 Å². The van der Waals surface area contributed by atoms with Crippen LogP contribution in [0.4, 0.5) is 17.1 Å². The molecule has 0 aromatic heterocycles. The van der Waals surface area contributed by atoms with Gasteiger partial charge in [-0.2, -0.15) is 0 Å². The summed E-state index contributed by atoms with van der Waals surface area (Å²) in [5.74, 6) is 1.18. The molecule has 0 heterocycles. The first-order valence-electron chi connectivity index (χ1n) is 6.99. The van der Waals surface area contributed by atoms with E-state index in [0.29, 0.717) is 22.9 Å². The number of ether oxygens (including phenoxy) is 2. The first-order valence-corrected chi connectivity index (χ1v) is 7.40. The molecule has 2 aromatic rings. The minimum absolute atomic E-state index is 0.0409. The smallest absolute Gasteiger partial charge is 0.292 e. The van der Waals surface area contributed by atoms with Gasteiger partial charge in [0.15, 0.2) is 5.11 Å². The number of aryl methyl sites for hydroxylation is 1. The summed E-state index contributed by atoms with van der Waals surface area (Å²) < 4.78 is 10.4. The van der Waals surface area contributed by atoms with Crippen molar-refractivity contribution in [2.45, 2.75) is 6.92 Å². The van der Waals surface area contributed by atoms with Crippen LogP contribution in [0.5, 0.6) is 11.5 Å². The topological polar surface area (TPSA) is 85.7 Å². The van der Waals surface area contributed by atoms with Crippen LogP contribution in [0.2, 0.25) is 0 Å². The zero-order chi connectivity index (χ0) is 17.7. The van der Waals surface area contributed by atoms with Gasteiger partial charge in [0.1, 0.15) is 17.2 Å². The van der Waals surface area contributed by atoms with Crippen molar-refractivity contribution in [3.05, 3.63) is 52.1 Å². The van der Waals surface area contributed by atoms with Crippen molar-refractivity contribution in [3.63, 3.8) is 0 Å². The Bertz CT molecular complexity index is 780. The van der Waals surface area contributed by atoms with Crippen molar-refractivity contribution in [2.24, 2.45) is 0 Å². The Kier molecular flexibility index (Phi) is 5.54. The molecular weight excluding hydrogens is 330 g/mol. The predicted molar refractivity (Wildman–Crippen MR) is 97.2 cm³/mol. The highest BCUT2D eigenvalue weighted by atomic mass is 32.1. The molecule has 0 fully saturated rings. The van der Waals surface area contributed by atoms with Crippen molar-refractivity contribution in [1.29, 1.82) is 0 Å². The maximum atomic E-state index is 11.2.